The zero-order valence-corrected chi connectivity index (χ0v) is 16.9. The van der Waals surface area contributed by atoms with E-state index in [9.17, 15) is 9.59 Å². The summed E-state index contributed by atoms with van der Waals surface area (Å²) in [5, 5.41) is 4.90. The average Bonchev–Trinajstić information content (AvgIpc) is 3.38. The maximum Gasteiger partial charge on any atom is 0.277 e. The Morgan fingerprint density at radius 2 is 1.97 bits per heavy atom. The molecule has 1 saturated heterocycles. The number of aromatic nitrogens is 1. The molecular formula is C21H22N4O3S. The van der Waals surface area contributed by atoms with Gasteiger partial charge in [-0.05, 0) is 43.3 Å². The van der Waals surface area contributed by atoms with E-state index in [1.807, 2.05) is 41.8 Å². The number of nitrogens with zero attached hydrogens (tertiary/aromatic N) is 2. The number of aryl methyl sites for hydroxylation is 1. The monoisotopic (exact) mass is 410 g/mol. The van der Waals surface area contributed by atoms with Gasteiger partial charge in [0.05, 0.1) is 16.3 Å². The van der Waals surface area contributed by atoms with Gasteiger partial charge < -0.3 is 20.4 Å². The number of oxazole rings is 1. The van der Waals surface area contributed by atoms with Crippen molar-refractivity contribution in [2.45, 2.75) is 19.8 Å². The van der Waals surface area contributed by atoms with Crippen LogP contribution in [0.3, 0.4) is 0 Å². The van der Waals surface area contributed by atoms with Crippen LogP contribution in [0.15, 0.2) is 46.2 Å². The number of benzene rings is 1. The highest BCUT2D eigenvalue weighted by atomic mass is 32.1. The molecule has 3 heterocycles. The van der Waals surface area contributed by atoms with E-state index >= 15 is 0 Å². The Hall–Kier alpha value is -3.13. The SMILES string of the molecule is Cc1oc(-c2cccs2)nc1C(=O)Nc1ccccc1N1CCC(C(N)=O)CC1. The minimum absolute atomic E-state index is 0.0820. The van der Waals surface area contributed by atoms with E-state index in [0.29, 0.717) is 43.3 Å². The van der Waals surface area contributed by atoms with Crippen molar-refractivity contribution in [1.82, 2.24) is 4.98 Å². The second kappa shape index (κ2) is 8.08. The number of carbonyl (C=O) groups excluding carboxylic acids is 2. The summed E-state index contributed by atoms with van der Waals surface area (Å²) in [5.41, 5.74) is 7.33. The number of carbonyl (C=O) groups is 2. The van der Waals surface area contributed by atoms with Gasteiger partial charge in [-0.2, -0.15) is 0 Å². The van der Waals surface area contributed by atoms with Crippen LogP contribution >= 0.6 is 11.3 Å². The van der Waals surface area contributed by atoms with Crippen LogP contribution in [-0.4, -0.2) is 29.9 Å². The number of amides is 2. The maximum absolute atomic E-state index is 12.9. The van der Waals surface area contributed by atoms with Gasteiger partial charge in [0.25, 0.3) is 5.91 Å². The van der Waals surface area contributed by atoms with Crippen molar-refractivity contribution >= 4 is 34.5 Å². The number of thiophene rings is 1. The average molecular weight is 410 g/mol. The van der Waals surface area contributed by atoms with Gasteiger partial charge in [-0.15, -0.1) is 11.3 Å². The lowest BCUT2D eigenvalue weighted by atomic mass is 9.96. The second-order valence-corrected chi connectivity index (χ2v) is 7.98. The van der Waals surface area contributed by atoms with Crippen LogP contribution < -0.4 is 16.0 Å². The Labute approximate surface area is 172 Å². The predicted molar refractivity (Wildman–Crippen MR) is 113 cm³/mol. The van der Waals surface area contributed by atoms with Crippen molar-refractivity contribution in [3.8, 4) is 10.8 Å². The molecule has 150 valence electrons. The summed E-state index contributed by atoms with van der Waals surface area (Å²) in [6, 6.07) is 11.5. The molecule has 1 aliphatic rings. The Morgan fingerprint density at radius 3 is 2.66 bits per heavy atom. The molecule has 0 saturated carbocycles. The zero-order valence-electron chi connectivity index (χ0n) is 16.1. The van der Waals surface area contributed by atoms with Gasteiger partial charge in [-0.25, -0.2) is 4.98 Å². The van der Waals surface area contributed by atoms with Crippen molar-refractivity contribution < 1.29 is 14.0 Å². The molecule has 3 aromatic rings. The lowest BCUT2D eigenvalue weighted by Gasteiger charge is -2.33. The predicted octanol–water partition coefficient (Wildman–Crippen LogP) is 3.67. The van der Waals surface area contributed by atoms with Gasteiger partial charge in [-0.1, -0.05) is 18.2 Å². The highest BCUT2D eigenvalue weighted by molar-refractivity contribution is 7.13. The largest absolute Gasteiger partial charge is 0.440 e. The number of hydrogen-bond donors (Lipinski definition) is 2. The number of anilines is 2. The van der Waals surface area contributed by atoms with E-state index in [1.54, 1.807) is 6.92 Å². The molecule has 0 aliphatic carbocycles. The molecule has 4 rings (SSSR count). The van der Waals surface area contributed by atoms with Crippen molar-refractivity contribution in [2.24, 2.45) is 11.7 Å². The molecule has 3 N–H and O–H groups in total. The van der Waals surface area contributed by atoms with Crippen molar-refractivity contribution in [1.29, 1.82) is 0 Å². The third kappa shape index (κ3) is 4.02. The van der Waals surface area contributed by atoms with Crippen LogP contribution in [0, 0.1) is 12.8 Å². The minimum atomic E-state index is -0.312. The first-order valence-corrected chi connectivity index (χ1v) is 10.4. The smallest absolute Gasteiger partial charge is 0.277 e. The first-order valence-electron chi connectivity index (χ1n) is 9.49. The van der Waals surface area contributed by atoms with Crippen LogP contribution in [0.4, 0.5) is 11.4 Å². The van der Waals surface area contributed by atoms with Crippen LogP contribution in [0.1, 0.15) is 29.1 Å². The third-order valence-corrected chi connectivity index (χ3v) is 5.99. The molecule has 8 heteroatoms. The van der Waals surface area contributed by atoms with E-state index in [2.05, 4.69) is 15.2 Å². The molecule has 29 heavy (non-hydrogen) atoms. The summed E-state index contributed by atoms with van der Waals surface area (Å²) in [4.78, 5) is 31.7. The fourth-order valence-electron chi connectivity index (χ4n) is 3.55. The highest BCUT2D eigenvalue weighted by Crippen LogP contribution is 2.31. The Morgan fingerprint density at radius 1 is 1.21 bits per heavy atom. The number of piperidine rings is 1. The molecular weight excluding hydrogens is 388 g/mol. The van der Waals surface area contributed by atoms with E-state index in [1.165, 1.54) is 11.3 Å². The van der Waals surface area contributed by atoms with Crippen LogP contribution in [0.25, 0.3) is 10.8 Å². The number of hydrogen-bond acceptors (Lipinski definition) is 6. The minimum Gasteiger partial charge on any atom is -0.440 e. The fourth-order valence-corrected chi connectivity index (χ4v) is 4.20. The van der Waals surface area contributed by atoms with Crippen molar-refractivity contribution in [3.05, 3.63) is 53.2 Å². The first kappa shape index (κ1) is 19.2. The molecule has 1 aromatic carbocycles. The number of primary amides is 1. The fraction of sp³-hybridized carbons (Fsp3) is 0.286. The molecule has 7 nitrogen and oxygen atoms in total. The van der Waals surface area contributed by atoms with Crippen LogP contribution in [0.5, 0.6) is 0 Å². The second-order valence-electron chi connectivity index (χ2n) is 7.04. The van der Waals surface area contributed by atoms with E-state index in [0.717, 1.165) is 10.6 Å². The van der Waals surface area contributed by atoms with E-state index < -0.39 is 0 Å². The lowest BCUT2D eigenvalue weighted by Crippen LogP contribution is -2.38. The van der Waals surface area contributed by atoms with Crippen molar-refractivity contribution in [2.75, 3.05) is 23.3 Å². The molecule has 1 aliphatic heterocycles. The Bertz CT molecular complexity index is 1020. The molecule has 2 amide bonds. The third-order valence-electron chi connectivity index (χ3n) is 5.13. The Kier molecular flexibility index (Phi) is 5.35. The van der Waals surface area contributed by atoms with Gasteiger partial charge in [0.2, 0.25) is 11.8 Å². The molecule has 1 fully saturated rings. The van der Waals surface area contributed by atoms with Crippen LogP contribution in [0.2, 0.25) is 0 Å². The van der Waals surface area contributed by atoms with Crippen LogP contribution in [-0.2, 0) is 4.79 Å². The molecule has 0 radical (unpaired) electrons. The van der Waals surface area contributed by atoms with Gasteiger partial charge in [0.1, 0.15) is 5.76 Å². The highest BCUT2D eigenvalue weighted by Gasteiger charge is 2.25. The number of rotatable bonds is 5. The molecule has 0 atom stereocenters. The van der Waals surface area contributed by atoms with Crippen molar-refractivity contribution in [3.63, 3.8) is 0 Å². The maximum atomic E-state index is 12.9. The summed E-state index contributed by atoms with van der Waals surface area (Å²) in [6.07, 6.45) is 1.42. The first-order chi connectivity index (χ1) is 14.0. The van der Waals surface area contributed by atoms with Gasteiger partial charge >= 0.3 is 0 Å². The quantitative estimate of drug-likeness (QED) is 0.668. The number of para-hydroxylation sites is 2. The van der Waals surface area contributed by atoms with E-state index in [4.69, 9.17) is 10.2 Å². The lowest BCUT2D eigenvalue weighted by molar-refractivity contribution is -0.122. The summed E-state index contributed by atoms with van der Waals surface area (Å²) >= 11 is 1.51. The normalized spacial score (nSPS) is 14.7. The molecule has 0 unspecified atom stereocenters. The summed E-state index contributed by atoms with van der Waals surface area (Å²) < 4.78 is 5.68. The standard InChI is InChI=1S/C21H22N4O3S/c1-13-18(24-21(28-13)17-7-4-12-29-17)20(27)23-15-5-2-3-6-16(15)25-10-8-14(9-11-25)19(22)26/h2-7,12,14H,8-11H2,1H3,(H2,22,26)(H,23,27). The van der Waals surface area contributed by atoms with Gasteiger partial charge in [-0.3, -0.25) is 9.59 Å². The van der Waals surface area contributed by atoms with Gasteiger partial charge in [0, 0.05) is 19.0 Å². The summed E-state index contributed by atoms with van der Waals surface area (Å²) in [5.74, 6) is 0.291. The zero-order chi connectivity index (χ0) is 20.4. The summed E-state index contributed by atoms with van der Waals surface area (Å²) in [6.45, 7) is 3.16. The molecule has 0 bridgehead atoms. The molecule has 0 spiro atoms. The topological polar surface area (TPSA) is 101 Å². The summed E-state index contributed by atoms with van der Waals surface area (Å²) in [7, 11) is 0. The van der Waals surface area contributed by atoms with E-state index in [-0.39, 0.29) is 23.4 Å². The Balaban J connectivity index is 1.52. The molecule has 2 aromatic heterocycles. The number of nitrogens with one attached hydrogen (secondary N) is 1. The van der Waals surface area contributed by atoms with Gasteiger partial charge in [0.15, 0.2) is 5.69 Å². The number of nitrogens with two attached hydrogens (primary N) is 1.